The molecule has 1 saturated heterocycles. The highest BCUT2D eigenvalue weighted by Crippen LogP contribution is 2.25. The highest BCUT2D eigenvalue weighted by Gasteiger charge is 2.29. The van der Waals surface area contributed by atoms with E-state index >= 15 is 0 Å². The minimum absolute atomic E-state index is 0.145. The second kappa shape index (κ2) is 9.39. The van der Waals surface area contributed by atoms with E-state index in [0.717, 1.165) is 36.6 Å². The maximum absolute atomic E-state index is 12.8. The molecule has 1 amide bonds. The van der Waals surface area contributed by atoms with Gasteiger partial charge in [0.25, 0.3) is 0 Å². The molecule has 0 radical (unpaired) electrons. The van der Waals surface area contributed by atoms with Crippen LogP contribution in [0.3, 0.4) is 0 Å². The molecular formula is C23H32N2O3. The van der Waals surface area contributed by atoms with Crippen LogP contribution >= 0.6 is 0 Å². The van der Waals surface area contributed by atoms with Crippen molar-refractivity contribution in [2.75, 3.05) is 40.3 Å². The zero-order valence-electron chi connectivity index (χ0n) is 17.2. The fourth-order valence-electron chi connectivity index (χ4n) is 4.08. The summed E-state index contributed by atoms with van der Waals surface area (Å²) >= 11 is 0. The number of hydrogen-bond acceptors (Lipinski definition) is 4. The zero-order valence-corrected chi connectivity index (χ0v) is 17.2. The van der Waals surface area contributed by atoms with Crippen LogP contribution in [0.25, 0.3) is 11.3 Å². The van der Waals surface area contributed by atoms with Gasteiger partial charge in [-0.25, -0.2) is 0 Å². The SMILES string of the molecule is Cc1ccc(-c2ccc(CCC(=O)N3C[C@@H](CN(C)C)C[C@H](CO)C3)o2)cc1. The van der Waals surface area contributed by atoms with E-state index in [1.54, 1.807) is 0 Å². The molecule has 2 atom stereocenters. The fourth-order valence-corrected chi connectivity index (χ4v) is 4.08. The summed E-state index contributed by atoms with van der Waals surface area (Å²) in [4.78, 5) is 16.9. The Morgan fingerprint density at radius 2 is 1.86 bits per heavy atom. The lowest BCUT2D eigenvalue weighted by molar-refractivity contribution is -0.134. The number of rotatable bonds is 7. The molecule has 152 valence electrons. The Bertz CT molecular complexity index is 766. The van der Waals surface area contributed by atoms with Crippen molar-refractivity contribution in [2.24, 2.45) is 11.8 Å². The van der Waals surface area contributed by atoms with Gasteiger partial charge in [0.1, 0.15) is 11.5 Å². The number of furan rings is 1. The summed E-state index contributed by atoms with van der Waals surface area (Å²) in [7, 11) is 4.11. The summed E-state index contributed by atoms with van der Waals surface area (Å²) in [5.74, 6) is 2.42. The minimum Gasteiger partial charge on any atom is -0.461 e. The van der Waals surface area contributed by atoms with Crippen molar-refractivity contribution in [3.8, 4) is 11.3 Å². The number of piperidine rings is 1. The number of likely N-dealkylation sites (tertiary alicyclic amines) is 1. The molecule has 0 unspecified atom stereocenters. The molecule has 5 heteroatoms. The molecule has 2 aromatic rings. The summed E-state index contributed by atoms with van der Waals surface area (Å²) in [6.45, 7) is 4.59. The lowest BCUT2D eigenvalue weighted by atomic mass is 9.89. The molecular weight excluding hydrogens is 352 g/mol. The fraction of sp³-hybridized carbons (Fsp3) is 0.522. The molecule has 1 aromatic heterocycles. The first-order valence-corrected chi connectivity index (χ1v) is 10.1. The van der Waals surface area contributed by atoms with Gasteiger partial charge >= 0.3 is 0 Å². The molecule has 0 saturated carbocycles. The monoisotopic (exact) mass is 384 g/mol. The maximum atomic E-state index is 12.8. The molecule has 1 aromatic carbocycles. The molecule has 0 spiro atoms. The van der Waals surface area contributed by atoms with Crippen LogP contribution in [-0.2, 0) is 11.2 Å². The third-order valence-corrected chi connectivity index (χ3v) is 5.44. The Labute approximate surface area is 167 Å². The largest absolute Gasteiger partial charge is 0.461 e. The molecule has 2 heterocycles. The standard InChI is InChI=1S/C23H32N2O3/c1-17-4-6-20(7-5-17)22-10-8-21(28-22)9-11-23(27)25-14-18(13-24(2)3)12-19(15-25)16-26/h4-8,10,18-19,26H,9,11-16H2,1-3H3/t18-,19+/m1/s1. The maximum Gasteiger partial charge on any atom is 0.223 e. The van der Waals surface area contributed by atoms with Crippen molar-refractivity contribution in [1.82, 2.24) is 9.80 Å². The summed E-state index contributed by atoms with van der Waals surface area (Å²) < 4.78 is 5.95. The van der Waals surface area contributed by atoms with Gasteiger partial charge < -0.3 is 19.3 Å². The van der Waals surface area contributed by atoms with Crippen LogP contribution in [0.4, 0.5) is 0 Å². The molecule has 0 bridgehead atoms. The average molecular weight is 385 g/mol. The van der Waals surface area contributed by atoms with Gasteiger partial charge in [0.15, 0.2) is 0 Å². The number of carbonyl (C=O) groups excluding carboxylic acids is 1. The summed E-state index contributed by atoms with van der Waals surface area (Å²) in [6.07, 6.45) is 2.02. The highest BCUT2D eigenvalue weighted by molar-refractivity contribution is 5.76. The smallest absolute Gasteiger partial charge is 0.223 e. The molecule has 28 heavy (non-hydrogen) atoms. The Kier molecular flexibility index (Phi) is 6.92. The third-order valence-electron chi connectivity index (χ3n) is 5.44. The van der Waals surface area contributed by atoms with Crippen molar-refractivity contribution in [3.05, 3.63) is 47.7 Å². The van der Waals surface area contributed by atoms with Crippen LogP contribution < -0.4 is 0 Å². The normalized spacial score (nSPS) is 20.0. The van der Waals surface area contributed by atoms with Gasteiger partial charge in [-0.2, -0.15) is 0 Å². The number of nitrogens with zero attached hydrogens (tertiary/aromatic N) is 2. The van der Waals surface area contributed by atoms with E-state index in [1.807, 2.05) is 17.0 Å². The van der Waals surface area contributed by atoms with E-state index in [9.17, 15) is 9.90 Å². The second-order valence-electron chi connectivity index (χ2n) is 8.34. The predicted molar refractivity (Wildman–Crippen MR) is 111 cm³/mol. The lowest BCUT2D eigenvalue weighted by Gasteiger charge is -2.38. The zero-order chi connectivity index (χ0) is 20.1. The molecule has 1 fully saturated rings. The highest BCUT2D eigenvalue weighted by atomic mass is 16.3. The second-order valence-corrected chi connectivity index (χ2v) is 8.34. The van der Waals surface area contributed by atoms with Crippen LogP contribution in [0, 0.1) is 18.8 Å². The van der Waals surface area contributed by atoms with Gasteiger partial charge in [-0.1, -0.05) is 29.8 Å². The molecule has 1 aliphatic heterocycles. The molecule has 0 aliphatic carbocycles. The van der Waals surface area contributed by atoms with E-state index in [2.05, 4.69) is 50.2 Å². The van der Waals surface area contributed by atoms with Crippen molar-refractivity contribution >= 4 is 5.91 Å². The lowest BCUT2D eigenvalue weighted by Crippen LogP contribution is -2.47. The summed E-state index contributed by atoms with van der Waals surface area (Å²) in [6, 6.07) is 12.2. The Balaban J connectivity index is 1.56. The Morgan fingerprint density at radius 1 is 1.14 bits per heavy atom. The van der Waals surface area contributed by atoms with Crippen LogP contribution in [0.15, 0.2) is 40.8 Å². The van der Waals surface area contributed by atoms with E-state index in [-0.39, 0.29) is 18.4 Å². The van der Waals surface area contributed by atoms with E-state index in [1.165, 1.54) is 5.56 Å². The first-order chi connectivity index (χ1) is 13.4. The quantitative estimate of drug-likeness (QED) is 0.796. The van der Waals surface area contributed by atoms with Gasteiger partial charge in [-0.05, 0) is 51.4 Å². The van der Waals surface area contributed by atoms with Gasteiger partial charge in [-0.15, -0.1) is 0 Å². The number of aliphatic hydroxyl groups is 1. The third kappa shape index (κ3) is 5.46. The van der Waals surface area contributed by atoms with Gasteiger partial charge in [-0.3, -0.25) is 4.79 Å². The molecule has 3 rings (SSSR count). The number of amides is 1. The van der Waals surface area contributed by atoms with Crippen molar-refractivity contribution in [2.45, 2.75) is 26.2 Å². The molecule has 1 aliphatic rings. The van der Waals surface area contributed by atoms with Crippen LogP contribution in [0.1, 0.15) is 24.2 Å². The van der Waals surface area contributed by atoms with Gasteiger partial charge in [0.2, 0.25) is 5.91 Å². The summed E-state index contributed by atoms with van der Waals surface area (Å²) in [5, 5.41) is 9.61. The minimum atomic E-state index is 0.145. The van der Waals surface area contributed by atoms with Crippen molar-refractivity contribution in [3.63, 3.8) is 0 Å². The van der Waals surface area contributed by atoms with Gasteiger partial charge in [0, 0.05) is 44.6 Å². The first-order valence-electron chi connectivity index (χ1n) is 10.1. The van der Waals surface area contributed by atoms with Crippen molar-refractivity contribution < 1.29 is 14.3 Å². The Morgan fingerprint density at radius 3 is 2.54 bits per heavy atom. The van der Waals surface area contributed by atoms with E-state index in [0.29, 0.717) is 25.3 Å². The molecule has 5 nitrogen and oxygen atoms in total. The topological polar surface area (TPSA) is 56.9 Å². The number of aliphatic hydroxyl groups excluding tert-OH is 1. The number of benzene rings is 1. The summed E-state index contributed by atoms with van der Waals surface area (Å²) in [5.41, 5.74) is 2.27. The van der Waals surface area contributed by atoms with E-state index in [4.69, 9.17) is 4.42 Å². The van der Waals surface area contributed by atoms with Crippen molar-refractivity contribution in [1.29, 1.82) is 0 Å². The Hall–Kier alpha value is -2.11. The number of hydrogen-bond donors (Lipinski definition) is 1. The predicted octanol–water partition coefficient (Wildman–Crippen LogP) is 3.21. The number of aryl methyl sites for hydroxylation is 2. The van der Waals surface area contributed by atoms with Crippen LogP contribution in [0.2, 0.25) is 0 Å². The van der Waals surface area contributed by atoms with Crippen LogP contribution in [-0.4, -0.2) is 61.2 Å². The van der Waals surface area contributed by atoms with E-state index < -0.39 is 0 Å². The first kappa shape index (κ1) is 20.6. The van der Waals surface area contributed by atoms with Gasteiger partial charge in [0.05, 0.1) is 0 Å². The van der Waals surface area contributed by atoms with Crippen LogP contribution in [0.5, 0.6) is 0 Å². The molecule has 1 N–H and O–H groups in total. The average Bonchev–Trinajstić information content (AvgIpc) is 3.14. The number of carbonyl (C=O) groups is 1.